The molecule has 0 aliphatic carbocycles. The molecular weight excluding hydrogens is 438 g/mol. The minimum atomic E-state index is -0.247. The highest BCUT2D eigenvalue weighted by Gasteiger charge is 2.14. The molecule has 2 N–H and O–H groups in total. The first-order valence-corrected chi connectivity index (χ1v) is 11.6. The Morgan fingerprint density at radius 3 is 2.36 bits per heavy atom. The van der Waals surface area contributed by atoms with E-state index in [2.05, 4.69) is 20.8 Å². The van der Waals surface area contributed by atoms with E-state index in [-0.39, 0.29) is 30.7 Å². The molecule has 0 atom stereocenters. The van der Waals surface area contributed by atoms with Gasteiger partial charge in [-0.1, -0.05) is 42.1 Å². The van der Waals surface area contributed by atoms with Crippen LogP contribution in [0.1, 0.15) is 28.1 Å². The number of thioether (sulfide) groups is 1. The van der Waals surface area contributed by atoms with Crippen molar-refractivity contribution in [3.63, 3.8) is 0 Å². The average molecular weight is 468 g/mol. The SMILES string of the molecule is Cc1cccc(NC(=O)CSc2nnc(CNC(=O)COc3c(C)cccc3C)n2C)c1C. The molecule has 33 heavy (non-hydrogen) atoms. The summed E-state index contributed by atoms with van der Waals surface area (Å²) < 4.78 is 7.45. The molecule has 0 fully saturated rings. The second-order valence-electron chi connectivity index (χ2n) is 7.83. The van der Waals surface area contributed by atoms with Crippen molar-refractivity contribution in [3.8, 4) is 5.75 Å². The number of anilines is 1. The Bertz CT molecular complexity index is 1140. The van der Waals surface area contributed by atoms with Gasteiger partial charge in [0, 0.05) is 12.7 Å². The molecule has 0 radical (unpaired) electrons. The monoisotopic (exact) mass is 467 g/mol. The maximum absolute atomic E-state index is 12.4. The van der Waals surface area contributed by atoms with Crippen LogP contribution in [0.3, 0.4) is 0 Å². The predicted molar refractivity (Wildman–Crippen MR) is 130 cm³/mol. The minimum absolute atomic E-state index is 0.0797. The summed E-state index contributed by atoms with van der Waals surface area (Å²) in [4.78, 5) is 24.6. The van der Waals surface area contributed by atoms with E-state index in [0.717, 1.165) is 33.7 Å². The number of ether oxygens (including phenoxy) is 1. The highest BCUT2D eigenvalue weighted by Crippen LogP contribution is 2.22. The summed E-state index contributed by atoms with van der Waals surface area (Å²) in [6.45, 7) is 8.02. The third kappa shape index (κ3) is 6.35. The van der Waals surface area contributed by atoms with Gasteiger partial charge in [-0.3, -0.25) is 9.59 Å². The van der Waals surface area contributed by atoms with Crippen LogP contribution in [-0.4, -0.2) is 38.9 Å². The summed E-state index contributed by atoms with van der Waals surface area (Å²) in [6.07, 6.45) is 0. The first kappa shape index (κ1) is 24.3. The van der Waals surface area contributed by atoms with Gasteiger partial charge in [0.1, 0.15) is 5.75 Å². The fourth-order valence-electron chi connectivity index (χ4n) is 3.22. The fraction of sp³-hybridized carbons (Fsp3) is 0.333. The maximum Gasteiger partial charge on any atom is 0.258 e. The first-order chi connectivity index (χ1) is 15.8. The van der Waals surface area contributed by atoms with Crippen LogP contribution in [0.5, 0.6) is 5.75 Å². The van der Waals surface area contributed by atoms with Gasteiger partial charge in [-0.05, 0) is 56.0 Å². The third-order valence-electron chi connectivity index (χ3n) is 5.34. The molecule has 0 saturated carbocycles. The highest BCUT2D eigenvalue weighted by atomic mass is 32.2. The van der Waals surface area contributed by atoms with Crippen molar-refractivity contribution in [1.29, 1.82) is 0 Å². The molecular formula is C24H29N5O3S. The Morgan fingerprint density at radius 1 is 0.970 bits per heavy atom. The molecule has 2 amide bonds. The summed E-state index contributed by atoms with van der Waals surface area (Å²) in [5.74, 6) is 1.16. The molecule has 0 aliphatic rings. The first-order valence-electron chi connectivity index (χ1n) is 10.6. The summed E-state index contributed by atoms with van der Waals surface area (Å²) in [5, 5.41) is 14.6. The second-order valence-corrected chi connectivity index (χ2v) is 8.77. The summed E-state index contributed by atoms with van der Waals surface area (Å²) >= 11 is 1.29. The zero-order valence-electron chi connectivity index (χ0n) is 19.6. The number of carbonyl (C=O) groups excluding carboxylic acids is 2. The van der Waals surface area contributed by atoms with Crippen LogP contribution in [0, 0.1) is 27.7 Å². The van der Waals surface area contributed by atoms with Crippen LogP contribution in [0.15, 0.2) is 41.6 Å². The van der Waals surface area contributed by atoms with Gasteiger partial charge in [-0.25, -0.2) is 0 Å². The van der Waals surface area contributed by atoms with E-state index in [0.29, 0.717) is 11.0 Å². The molecule has 1 aromatic heterocycles. The Morgan fingerprint density at radius 2 is 1.64 bits per heavy atom. The number of aryl methyl sites for hydroxylation is 3. The number of nitrogens with one attached hydrogen (secondary N) is 2. The lowest BCUT2D eigenvalue weighted by Gasteiger charge is -2.12. The number of aromatic nitrogens is 3. The number of nitrogens with zero attached hydrogens (tertiary/aromatic N) is 3. The molecule has 9 heteroatoms. The van der Waals surface area contributed by atoms with Crippen LogP contribution < -0.4 is 15.4 Å². The zero-order chi connectivity index (χ0) is 24.0. The third-order valence-corrected chi connectivity index (χ3v) is 6.36. The van der Waals surface area contributed by atoms with E-state index in [4.69, 9.17) is 4.74 Å². The normalized spacial score (nSPS) is 10.7. The van der Waals surface area contributed by atoms with Crippen molar-refractivity contribution in [2.24, 2.45) is 7.05 Å². The van der Waals surface area contributed by atoms with Gasteiger partial charge in [0.2, 0.25) is 5.91 Å². The molecule has 0 saturated heterocycles. The Labute approximate surface area is 198 Å². The van der Waals surface area contributed by atoms with Gasteiger partial charge in [-0.2, -0.15) is 0 Å². The molecule has 8 nitrogen and oxygen atoms in total. The Kier molecular flexibility index (Phi) is 8.11. The van der Waals surface area contributed by atoms with Crippen molar-refractivity contribution in [3.05, 3.63) is 64.5 Å². The van der Waals surface area contributed by atoms with Crippen molar-refractivity contribution < 1.29 is 14.3 Å². The summed E-state index contributed by atoms with van der Waals surface area (Å²) in [5.41, 5.74) is 4.96. The van der Waals surface area contributed by atoms with Crippen molar-refractivity contribution in [2.45, 2.75) is 39.4 Å². The van der Waals surface area contributed by atoms with Gasteiger partial charge in [0.25, 0.3) is 5.91 Å². The number of para-hydroxylation sites is 1. The van der Waals surface area contributed by atoms with Crippen LogP contribution in [0.2, 0.25) is 0 Å². The van der Waals surface area contributed by atoms with E-state index >= 15 is 0 Å². The molecule has 0 unspecified atom stereocenters. The van der Waals surface area contributed by atoms with E-state index in [1.165, 1.54) is 11.8 Å². The number of benzene rings is 2. The number of hydrogen-bond donors (Lipinski definition) is 2. The van der Waals surface area contributed by atoms with E-state index in [1.54, 1.807) is 11.6 Å². The predicted octanol–water partition coefficient (Wildman–Crippen LogP) is 3.47. The minimum Gasteiger partial charge on any atom is -0.483 e. The smallest absolute Gasteiger partial charge is 0.258 e. The van der Waals surface area contributed by atoms with Gasteiger partial charge in [-0.15, -0.1) is 10.2 Å². The van der Waals surface area contributed by atoms with Gasteiger partial charge in [0.05, 0.1) is 12.3 Å². The fourth-order valence-corrected chi connectivity index (χ4v) is 3.95. The molecule has 2 aromatic carbocycles. The topological polar surface area (TPSA) is 98.1 Å². The van der Waals surface area contributed by atoms with Crippen LogP contribution in [0.25, 0.3) is 0 Å². The number of amides is 2. The van der Waals surface area contributed by atoms with Gasteiger partial charge in [0.15, 0.2) is 17.6 Å². The van der Waals surface area contributed by atoms with Crippen LogP contribution in [0.4, 0.5) is 5.69 Å². The lowest BCUT2D eigenvalue weighted by atomic mass is 10.1. The molecule has 174 valence electrons. The van der Waals surface area contributed by atoms with Crippen LogP contribution >= 0.6 is 11.8 Å². The van der Waals surface area contributed by atoms with Gasteiger partial charge < -0.3 is 19.9 Å². The standard InChI is InChI=1S/C24H29N5O3S/c1-15-8-7-11-19(18(15)4)26-22(31)14-33-24-28-27-20(29(24)5)12-25-21(30)13-32-23-16(2)9-6-10-17(23)3/h6-11H,12-14H2,1-5H3,(H,25,30)(H,26,31). The van der Waals surface area contributed by atoms with Gasteiger partial charge >= 0.3 is 0 Å². The van der Waals surface area contributed by atoms with Crippen LogP contribution in [-0.2, 0) is 23.2 Å². The number of hydrogen-bond acceptors (Lipinski definition) is 6. The lowest BCUT2D eigenvalue weighted by Crippen LogP contribution is -2.29. The molecule has 1 heterocycles. The van der Waals surface area contributed by atoms with E-state index in [1.807, 2.05) is 64.1 Å². The molecule has 0 spiro atoms. The molecule has 0 aliphatic heterocycles. The van der Waals surface area contributed by atoms with Crippen molar-refractivity contribution >= 4 is 29.3 Å². The highest BCUT2D eigenvalue weighted by molar-refractivity contribution is 7.99. The lowest BCUT2D eigenvalue weighted by molar-refractivity contribution is -0.123. The Hall–Kier alpha value is -3.33. The van der Waals surface area contributed by atoms with Crippen molar-refractivity contribution in [2.75, 3.05) is 17.7 Å². The van der Waals surface area contributed by atoms with Crippen molar-refractivity contribution in [1.82, 2.24) is 20.1 Å². The number of carbonyl (C=O) groups is 2. The number of rotatable bonds is 9. The van der Waals surface area contributed by atoms with E-state index < -0.39 is 0 Å². The quantitative estimate of drug-likeness (QED) is 0.468. The molecule has 0 bridgehead atoms. The molecule has 3 rings (SSSR count). The molecule has 3 aromatic rings. The average Bonchev–Trinajstić information content (AvgIpc) is 3.13. The summed E-state index contributed by atoms with van der Waals surface area (Å²) in [6, 6.07) is 11.7. The van der Waals surface area contributed by atoms with E-state index in [9.17, 15) is 9.59 Å². The maximum atomic E-state index is 12.4. The largest absolute Gasteiger partial charge is 0.483 e. The Balaban J connectivity index is 1.47. The second kappa shape index (κ2) is 11.0. The zero-order valence-corrected chi connectivity index (χ0v) is 20.4. The summed E-state index contributed by atoms with van der Waals surface area (Å²) in [7, 11) is 1.81.